The summed E-state index contributed by atoms with van der Waals surface area (Å²) in [5.41, 5.74) is 2.48. The van der Waals surface area contributed by atoms with Gasteiger partial charge in [0, 0.05) is 18.3 Å². The fraction of sp³-hybridized carbons (Fsp3) is 0.588. The molecule has 2 rings (SSSR count). The number of amides is 1. The lowest BCUT2D eigenvalue weighted by Crippen LogP contribution is -2.42. The predicted molar refractivity (Wildman–Crippen MR) is 84.1 cm³/mol. The molecular weight excluding hydrogens is 270 g/mol. The Labute approximate surface area is 126 Å². The van der Waals surface area contributed by atoms with Crippen LogP contribution in [0.3, 0.4) is 0 Å². The van der Waals surface area contributed by atoms with Gasteiger partial charge in [0.15, 0.2) is 0 Å². The van der Waals surface area contributed by atoms with Crippen LogP contribution in [0.5, 0.6) is 0 Å². The molecule has 1 aliphatic rings. The third-order valence-electron chi connectivity index (χ3n) is 4.18. The van der Waals surface area contributed by atoms with E-state index in [2.05, 4.69) is 30.4 Å². The Hall–Kier alpha value is -1.02. The van der Waals surface area contributed by atoms with E-state index in [1.807, 2.05) is 6.07 Å². The molecule has 1 aliphatic carbocycles. The predicted octanol–water partition coefficient (Wildman–Crippen LogP) is 3.84. The van der Waals surface area contributed by atoms with Crippen molar-refractivity contribution in [1.29, 1.82) is 0 Å². The first kappa shape index (κ1) is 15.4. The Morgan fingerprint density at radius 2 is 2.15 bits per heavy atom. The van der Waals surface area contributed by atoms with E-state index in [9.17, 15) is 4.79 Å². The van der Waals surface area contributed by atoms with Crippen LogP contribution in [0.2, 0.25) is 0 Å². The molecule has 2 unspecified atom stereocenters. The van der Waals surface area contributed by atoms with E-state index in [-0.39, 0.29) is 11.9 Å². The standard InChI is InChI=1S/C17H24ClNO/c1-13-5-4-6-14(11-13)9-10-17(20)19-16-8-3-2-7-15(16)12-18/h4-6,11,15-16H,2-3,7-10,12H2,1H3,(H,19,20). The molecule has 1 aromatic rings. The lowest BCUT2D eigenvalue weighted by molar-refractivity contribution is -0.122. The second-order valence-corrected chi connectivity index (χ2v) is 6.17. The topological polar surface area (TPSA) is 29.1 Å². The van der Waals surface area contributed by atoms with E-state index in [1.54, 1.807) is 0 Å². The van der Waals surface area contributed by atoms with Gasteiger partial charge in [-0.15, -0.1) is 11.6 Å². The molecule has 1 amide bonds. The lowest BCUT2D eigenvalue weighted by atomic mass is 9.85. The number of hydrogen-bond acceptors (Lipinski definition) is 1. The van der Waals surface area contributed by atoms with Crippen LogP contribution < -0.4 is 5.32 Å². The molecule has 2 atom stereocenters. The van der Waals surface area contributed by atoms with Gasteiger partial charge < -0.3 is 5.32 Å². The molecule has 3 heteroatoms. The number of nitrogens with one attached hydrogen (secondary N) is 1. The minimum Gasteiger partial charge on any atom is -0.353 e. The van der Waals surface area contributed by atoms with Crippen molar-refractivity contribution in [2.45, 2.75) is 51.5 Å². The van der Waals surface area contributed by atoms with E-state index in [0.29, 0.717) is 18.2 Å². The van der Waals surface area contributed by atoms with Gasteiger partial charge >= 0.3 is 0 Å². The van der Waals surface area contributed by atoms with Gasteiger partial charge in [-0.05, 0) is 37.7 Å². The highest BCUT2D eigenvalue weighted by atomic mass is 35.5. The third-order valence-corrected chi connectivity index (χ3v) is 4.57. The molecule has 0 spiro atoms. The highest BCUT2D eigenvalue weighted by Crippen LogP contribution is 2.25. The van der Waals surface area contributed by atoms with Crippen molar-refractivity contribution in [2.75, 3.05) is 5.88 Å². The van der Waals surface area contributed by atoms with Crippen LogP contribution in [0.1, 0.15) is 43.2 Å². The summed E-state index contributed by atoms with van der Waals surface area (Å²) in [6.45, 7) is 2.08. The fourth-order valence-electron chi connectivity index (χ4n) is 2.99. The summed E-state index contributed by atoms with van der Waals surface area (Å²) in [7, 11) is 0. The molecule has 0 aromatic heterocycles. The van der Waals surface area contributed by atoms with Gasteiger partial charge in [-0.25, -0.2) is 0 Å². The van der Waals surface area contributed by atoms with Crippen molar-refractivity contribution in [3.05, 3.63) is 35.4 Å². The molecule has 1 fully saturated rings. The fourth-order valence-corrected chi connectivity index (χ4v) is 3.36. The minimum absolute atomic E-state index is 0.161. The normalized spacial score (nSPS) is 22.5. The smallest absolute Gasteiger partial charge is 0.220 e. The van der Waals surface area contributed by atoms with Crippen LogP contribution in [-0.2, 0) is 11.2 Å². The van der Waals surface area contributed by atoms with Crippen LogP contribution in [0.4, 0.5) is 0 Å². The average Bonchev–Trinajstić information content (AvgIpc) is 2.46. The summed E-state index contributed by atoms with van der Waals surface area (Å²) in [5, 5.41) is 3.18. The van der Waals surface area contributed by atoms with Crippen LogP contribution in [0.25, 0.3) is 0 Å². The molecule has 0 radical (unpaired) electrons. The van der Waals surface area contributed by atoms with Gasteiger partial charge in [0.1, 0.15) is 0 Å². The maximum absolute atomic E-state index is 12.1. The Morgan fingerprint density at radius 1 is 1.35 bits per heavy atom. The summed E-state index contributed by atoms with van der Waals surface area (Å²) in [5.74, 6) is 1.27. The highest BCUT2D eigenvalue weighted by molar-refractivity contribution is 6.18. The number of alkyl halides is 1. The number of benzene rings is 1. The van der Waals surface area contributed by atoms with Crippen molar-refractivity contribution in [3.8, 4) is 0 Å². The number of aryl methyl sites for hydroxylation is 2. The van der Waals surface area contributed by atoms with E-state index >= 15 is 0 Å². The quantitative estimate of drug-likeness (QED) is 0.821. The largest absolute Gasteiger partial charge is 0.353 e. The first-order valence-electron chi connectivity index (χ1n) is 7.60. The number of halogens is 1. The van der Waals surface area contributed by atoms with Crippen molar-refractivity contribution in [1.82, 2.24) is 5.32 Å². The maximum Gasteiger partial charge on any atom is 0.220 e. The van der Waals surface area contributed by atoms with Crippen molar-refractivity contribution < 1.29 is 4.79 Å². The Kier molecular flexibility index (Phi) is 5.90. The van der Waals surface area contributed by atoms with Gasteiger partial charge in [0.2, 0.25) is 5.91 Å². The zero-order chi connectivity index (χ0) is 14.4. The van der Waals surface area contributed by atoms with E-state index < -0.39 is 0 Å². The lowest BCUT2D eigenvalue weighted by Gasteiger charge is -2.30. The molecule has 2 nitrogen and oxygen atoms in total. The van der Waals surface area contributed by atoms with Gasteiger partial charge in [0.05, 0.1) is 0 Å². The van der Waals surface area contributed by atoms with Crippen molar-refractivity contribution in [3.63, 3.8) is 0 Å². The second kappa shape index (κ2) is 7.68. The molecule has 0 bridgehead atoms. The van der Waals surface area contributed by atoms with Crippen LogP contribution >= 0.6 is 11.6 Å². The van der Waals surface area contributed by atoms with Crippen LogP contribution in [0, 0.1) is 12.8 Å². The van der Waals surface area contributed by atoms with Crippen molar-refractivity contribution in [2.24, 2.45) is 5.92 Å². The molecule has 0 heterocycles. The summed E-state index contributed by atoms with van der Waals surface area (Å²) < 4.78 is 0. The SMILES string of the molecule is Cc1cccc(CCC(=O)NC2CCCCC2CCl)c1. The van der Waals surface area contributed by atoms with E-state index in [0.717, 1.165) is 19.3 Å². The molecule has 0 saturated heterocycles. The highest BCUT2D eigenvalue weighted by Gasteiger charge is 2.25. The second-order valence-electron chi connectivity index (χ2n) is 5.86. The maximum atomic E-state index is 12.1. The first-order chi connectivity index (χ1) is 9.69. The third kappa shape index (κ3) is 4.52. The summed E-state index contributed by atoms with van der Waals surface area (Å²) >= 11 is 6.00. The van der Waals surface area contributed by atoms with Gasteiger partial charge in [-0.2, -0.15) is 0 Å². The number of rotatable bonds is 5. The molecule has 0 aliphatic heterocycles. The summed E-state index contributed by atoms with van der Waals surface area (Å²) in [4.78, 5) is 12.1. The Bertz CT molecular complexity index is 446. The van der Waals surface area contributed by atoms with E-state index in [1.165, 1.54) is 24.0 Å². The van der Waals surface area contributed by atoms with Gasteiger partial charge in [-0.3, -0.25) is 4.79 Å². The molecule has 20 heavy (non-hydrogen) atoms. The van der Waals surface area contributed by atoms with Gasteiger partial charge in [-0.1, -0.05) is 42.7 Å². The Morgan fingerprint density at radius 3 is 2.90 bits per heavy atom. The summed E-state index contributed by atoms with van der Waals surface area (Å²) in [6, 6.07) is 8.65. The zero-order valence-corrected chi connectivity index (χ0v) is 13.0. The van der Waals surface area contributed by atoms with E-state index in [4.69, 9.17) is 11.6 Å². The molecule has 1 saturated carbocycles. The Balaban J connectivity index is 1.80. The average molecular weight is 294 g/mol. The first-order valence-corrected chi connectivity index (χ1v) is 8.13. The zero-order valence-electron chi connectivity index (χ0n) is 12.2. The van der Waals surface area contributed by atoms with Gasteiger partial charge in [0.25, 0.3) is 0 Å². The van der Waals surface area contributed by atoms with Crippen LogP contribution in [-0.4, -0.2) is 17.8 Å². The number of hydrogen-bond donors (Lipinski definition) is 1. The molecule has 110 valence electrons. The van der Waals surface area contributed by atoms with Crippen LogP contribution in [0.15, 0.2) is 24.3 Å². The summed E-state index contributed by atoms with van der Waals surface area (Å²) in [6.07, 6.45) is 6.05. The van der Waals surface area contributed by atoms with Crippen molar-refractivity contribution >= 4 is 17.5 Å². The molecule has 1 aromatic carbocycles. The molecular formula is C17H24ClNO. The monoisotopic (exact) mass is 293 g/mol. The number of carbonyl (C=O) groups is 1. The molecule has 1 N–H and O–H groups in total. The number of carbonyl (C=O) groups excluding carboxylic acids is 1. The minimum atomic E-state index is 0.161.